The molecule has 0 bridgehead atoms. The lowest BCUT2D eigenvalue weighted by Gasteiger charge is -2.32. The first-order valence-electron chi connectivity index (χ1n) is 8.84. The van der Waals surface area contributed by atoms with E-state index in [1.807, 2.05) is 52.0 Å². The van der Waals surface area contributed by atoms with Crippen molar-refractivity contribution in [3.8, 4) is 0 Å². The van der Waals surface area contributed by atoms with Crippen molar-refractivity contribution >= 4 is 24.1 Å². The van der Waals surface area contributed by atoms with Gasteiger partial charge in [0.25, 0.3) is 0 Å². The van der Waals surface area contributed by atoms with Gasteiger partial charge in [0.15, 0.2) is 0 Å². The molecule has 1 saturated heterocycles. The summed E-state index contributed by atoms with van der Waals surface area (Å²) >= 11 is 0. The molecule has 0 aliphatic carbocycles. The molecule has 0 amide bonds. The second-order valence-corrected chi connectivity index (χ2v) is 7.74. The molecule has 4 nitrogen and oxygen atoms in total. The molecule has 1 fully saturated rings. The minimum Gasteiger partial charge on any atom is -0.399 e. The van der Waals surface area contributed by atoms with E-state index in [4.69, 9.17) is 9.31 Å². The molecule has 28 heavy (non-hydrogen) atoms. The fraction of sp³-hybridized carbons (Fsp3) is 0.350. The normalized spacial score (nSPS) is 18.2. The molecule has 0 atom stereocenters. The van der Waals surface area contributed by atoms with Crippen LogP contribution in [0.3, 0.4) is 0 Å². The van der Waals surface area contributed by atoms with E-state index < -0.39 is 30.1 Å². The van der Waals surface area contributed by atoms with Crippen LogP contribution in [0, 0.1) is 0 Å². The molecule has 2 aromatic rings. The summed E-state index contributed by atoms with van der Waals surface area (Å²) in [5, 5.41) is 2.82. The number of hydrogen-bond acceptors (Lipinski definition) is 4. The molecule has 148 valence electrons. The Morgan fingerprint density at radius 2 is 1.61 bits per heavy atom. The topological polar surface area (TPSA) is 43.4 Å². The van der Waals surface area contributed by atoms with Gasteiger partial charge in [-0.15, -0.1) is 0 Å². The number of alkyl halides is 3. The van der Waals surface area contributed by atoms with Crippen molar-refractivity contribution in [3.63, 3.8) is 0 Å². The molecule has 1 aromatic heterocycles. The molecule has 0 spiro atoms. The van der Waals surface area contributed by atoms with Crippen LogP contribution in [0.15, 0.2) is 49.2 Å². The molecule has 1 aliphatic heterocycles. The van der Waals surface area contributed by atoms with Crippen LogP contribution in [0.25, 0.3) is 5.70 Å². The first-order chi connectivity index (χ1) is 12.9. The second kappa shape index (κ2) is 6.94. The van der Waals surface area contributed by atoms with Crippen molar-refractivity contribution < 1.29 is 22.5 Å². The number of nitrogens with one attached hydrogen (secondary N) is 1. The van der Waals surface area contributed by atoms with E-state index in [9.17, 15) is 13.2 Å². The van der Waals surface area contributed by atoms with Crippen molar-refractivity contribution in [1.82, 2.24) is 4.98 Å². The third kappa shape index (κ3) is 4.08. The maximum absolute atomic E-state index is 12.8. The van der Waals surface area contributed by atoms with Crippen molar-refractivity contribution in [1.29, 1.82) is 0 Å². The lowest BCUT2D eigenvalue weighted by molar-refractivity contribution is -0.137. The van der Waals surface area contributed by atoms with Gasteiger partial charge in [0.05, 0.1) is 16.8 Å². The number of halogens is 3. The van der Waals surface area contributed by atoms with Gasteiger partial charge < -0.3 is 14.6 Å². The third-order valence-corrected chi connectivity index (χ3v) is 5.15. The first kappa shape index (κ1) is 20.4. The van der Waals surface area contributed by atoms with Gasteiger partial charge in [-0.05, 0) is 50.9 Å². The standard InChI is InChI=1S/C20H22BF3N2O2/c1-13(26-17-12-15(10-11-25-17)20(22,23)24)14-6-8-16(9-7-14)21-27-18(2,3)19(4,5)28-21/h6-12H,1H2,2-5H3,(H,25,26). The summed E-state index contributed by atoms with van der Waals surface area (Å²) in [6.45, 7) is 11.8. The summed E-state index contributed by atoms with van der Waals surface area (Å²) < 4.78 is 50.5. The zero-order valence-electron chi connectivity index (χ0n) is 16.2. The van der Waals surface area contributed by atoms with E-state index in [2.05, 4.69) is 16.9 Å². The number of pyridine rings is 1. The molecule has 0 unspecified atom stereocenters. The fourth-order valence-corrected chi connectivity index (χ4v) is 2.72. The van der Waals surface area contributed by atoms with Crippen LogP contribution < -0.4 is 10.8 Å². The average molecular weight is 390 g/mol. The number of aromatic nitrogens is 1. The molecule has 1 aliphatic rings. The Morgan fingerprint density at radius 3 is 2.14 bits per heavy atom. The van der Waals surface area contributed by atoms with E-state index >= 15 is 0 Å². The van der Waals surface area contributed by atoms with E-state index in [1.165, 1.54) is 0 Å². The summed E-state index contributed by atoms with van der Waals surface area (Å²) in [6.07, 6.45) is -3.31. The van der Waals surface area contributed by atoms with Crippen LogP contribution in [0.2, 0.25) is 0 Å². The van der Waals surface area contributed by atoms with Gasteiger partial charge in [-0.2, -0.15) is 13.2 Å². The van der Waals surface area contributed by atoms with Crippen LogP contribution in [-0.2, 0) is 15.5 Å². The number of benzene rings is 1. The Balaban J connectivity index is 1.71. The molecular formula is C20H22BF3N2O2. The molecule has 0 saturated carbocycles. The van der Waals surface area contributed by atoms with Gasteiger partial charge in [0.2, 0.25) is 0 Å². The number of hydrogen-bond donors (Lipinski definition) is 1. The largest absolute Gasteiger partial charge is 0.494 e. The quantitative estimate of drug-likeness (QED) is 0.782. The van der Waals surface area contributed by atoms with Gasteiger partial charge in [0, 0.05) is 11.9 Å². The van der Waals surface area contributed by atoms with Gasteiger partial charge >= 0.3 is 13.3 Å². The highest BCUT2D eigenvalue weighted by atomic mass is 19.4. The molecule has 1 N–H and O–H groups in total. The lowest BCUT2D eigenvalue weighted by atomic mass is 9.79. The predicted molar refractivity (Wildman–Crippen MR) is 104 cm³/mol. The monoisotopic (exact) mass is 390 g/mol. The highest BCUT2D eigenvalue weighted by molar-refractivity contribution is 6.62. The maximum Gasteiger partial charge on any atom is 0.494 e. The van der Waals surface area contributed by atoms with E-state index in [0.717, 1.165) is 29.4 Å². The molecular weight excluding hydrogens is 368 g/mol. The zero-order valence-corrected chi connectivity index (χ0v) is 16.2. The van der Waals surface area contributed by atoms with Gasteiger partial charge in [0.1, 0.15) is 5.82 Å². The Bertz CT molecular complexity index is 864. The second-order valence-electron chi connectivity index (χ2n) is 7.74. The highest BCUT2D eigenvalue weighted by Gasteiger charge is 2.51. The maximum atomic E-state index is 12.8. The van der Waals surface area contributed by atoms with Crippen LogP contribution in [-0.4, -0.2) is 23.3 Å². The van der Waals surface area contributed by atoms with Gasteiger partial charge in [-0.3, -0.25) is 0 Å². The van der Waals surface area contributed by atoms with Crippen molar-refractivity contribution in [3.05, 3.63) is 60.3 Å². The zero-order chi connectivity index (χ0) is 20.7. The van der Waals surface area contributed by atoms with Crippen LogP contribution >= 0.6 is 0 Å². The summed E-state index contributed by atoms with van der Waals surface area (Å²) in [5.74, 6) is 0.0786. The molecule has 0 radical (unpaired) electrons. The van der Waals surface area contributed by atoms with Crippen molar-refractivity contribution in [2.45, 2.75) is 45.1 Å². The molecule has 2 heterocycles. The fourth-order valence-electron chi connectivity index (χ4n) is 2.72. The summed E-state index contributed by atoms with van der Waals surface area (Å²) in [4.78, 5) is 3.92. The molecule has 3 rings (SSSR count). The van der Waals surface area contributed by atoms with E-state index in [1.54, 1.807) is 0 Å². The Hall–Kier alpha value is -2.32. The molecule has 1 aromatic carbocycles. The predicted octanol–water partition coefficient (Wildman–Crippen LogP) is 4.48. The van der Waals surface area contributed by atoms with Gasteiger partial charge in [-0.25, -0.2) is 4.98 Å². The van der Waals surface area contributed by atoms with Crippen LogP contribution in [0.4, 0.5) is 19.0 Å². The average Bonchev–Trinajstić information content (AvgIpc) is 2.82. The smallest absolute Gasteiger partial charge is 0.399 e. The van der Waals surface area contributed by atoms with Crippen LogP contribution in [0.5, 0.6) is 0 Å². The first-order valence-corrected chi connectivity index (χ1v) is 8.84. The Labute approximate surface area is 162 Å². The highest BCUT2D eigenvalue weighted by Crippen LogP contribution is 2.36. The van der Waals surface area contributed by atoms with E-state index in [-0.39, 0.29) is 5.82 Å². The van der Waals surface area contributed by atoms with Crippen molar-refractivity contribution in [2.75, 3.05) is 5.32 Å². The van der Waals surface area contributed by atoms with Crippen molar-refractivity contribution in [2.24, 2.45) is 0 Å². The third-order valence-electron chi connectivity index (χ3n) is 5.15. The van der Waals surface area contributed by atoms with Gasteiger partial charge in [-0.1, -0.05) is 30.8 Å². The summed E-state index contributed by atoms with van der Waals surface area (Å²) in [5.41, 5.74) is 0.376. The minimum absolute atomic E-state index is 0.0786. The lowest BCUT2D eigenvalue weighted by Crippen LogP contribution is -2.41. The minimum atomic E-state index is -4.43. The summed E-state index contributed by atoms with van der Waals surface area (Å²) in [7, 11) is -0.481. The number of nitrogens with zero attached hydrogens (tertiary/aromatic N) is 1. The Kier molecular flexibility index (Phi) is 5.06. The SMILES string of the molecule is C=C(Nc1cc(C(F)(F)F)ccn1)c1ccc(B2OC(C)(C)C(C)(C)O2)cc1. The molecule has 8 heteroatoms. The Morgan fingerprint density at radius 1 is 1.04 bits per heavy atom. The summed E-state index contributed by atoms with van der Waals surface area (Å²) in [6, 6.07) is 9.19. The number of anilines is 1. The number of rotatable bonds is 4. The van der Waals surface area contributed by atoms with E-state index in [0.29, 0.717) is 5.70 Å². The van der Waals surface area contributed by atoms with Crippen LogP contribution in [0.1, 0.15) is 38.8 Å².